The van der Waals surface area contributed by atoms with Gasteiger partial charge in [0.2, 0.25) is 0 Å². The Bertz CT molecular complexity index is 592. The van der Waals surface area contributed by atoms with Gasteiger partial charge in [-0.3, -0.25) is 9.48 Å². The zero-order chi connectivity index (χ0) is 15.8. The fourth-order valence-corrected chi connectivity index (χ4v) is 2.43. The zero-order valence-electron chi connectivity index (χ0n) is 13.1. The Morgan fingerprint density at radius 1 is 1.27 bits per heavy atom. The molecule has 0 fully saturated rings. The Kier molecular flexibility index (Phi) is 6.15. The van der Waals surface area contributed by atoms with Crippen LogP contribution in [0.3, 0.4) is 0 Å². The summed E-state index contributed by atoms with van der Waals surface area (Å²) in [6.45, 7) is 4.04. The molecule has 3 N–H and O–H groups in total. The molecule has 0 atom stereocenters. The predicted octanol–water partition coefficient (Wildman–Crippen LogP) is 1.96. The number of aromatic nitrogens is 2. The van der Waals surface area contributed by atoms with Crippen molar-refractivity contribution < 1.29 is 4.79 Å². The van der Waals surface area contributed by atoms with Crippen molar-refractivity contribution in [1.82, 2.24) is 15.1 Å². The highest BCUT2D eigenvalue weighted by molar-refractivity contribution is 5.95. The Morgan fingerprint density at radius 3 is 2.73 bits per heavy atom. The molecule has 2 aromatic rings. The van der Waals surface area contributed by atoms with Crippen molar-refractivity contribution in [3.05, 3.63) is 53.3 Å². The van der Waals surface area contributed by atoms with Crippen molar-refractivity contribution in [2.45, 2.75) is 32.7 Å². The van der Waals surface area contributed by atoms with Crippen LogP contribution in [0.25, 0.3) is 0 Å². The summed E-state index contributed by atoms with van der Waals surface area (Å²) in [4.78, 5) is 12.3. The number of unbranched alkanes of at least 4 members (excludes halogenated alkanes) is 1. The number of rotatable bonds is 8. The first-order valence-electron chi connectivity index (χ1n) is 7.83. The molecule has 0 saturated carbocycles. The minimum Gasteiger partial charge on any atom is -0.352 e. The second-order valence-electron chi connectivity index (χ2n) is 5.25. The maximum absolute atomic E-state index is 12.3. The fraction of sp³-hybridized carbons (Fsp3) is 0.412. The highest BCUT2D eigenvalue weighted by atomic mass is 16.1. The quantitative estimate of drug-likeness (QED) is 0.732. The molecular formula is C17H24N4O. The van der Waals surface area contributed by atoms with Gasteiger partial charge < -0.3 is 11.1 Å². The molecule has 1 heterocycles. The number of carbonyl (C=O) groups excluding carboxylic acids is 1. The van der Waals surface area contributed by atoms with Gasteiger partial charge >= 0.3 is 0 Å². The Labute approximate surface area is 131 Å². The predicted molar refractivity (Wildman–Crippen MR) is 87.8 cm³/mol. The van der Waals surface area contributed by atoms with Gasteiger partial charge in [0, 0.05) is 6.54 Å². The first kappa shape index (κ1) is 16.2. The molecular weight excluding hydrogens is 276 g/mol. The molecule has 0 aliphatic heterocycles. The van der Waals surface area contributed by atoms with Crippen LogP contribution in [0.5, 0.6) is 0 Å². The van der Waals surface area contributed by atoms with Gasteiger partial charge in [-0.1, -0.05) is 37.3 Å². The van der Waals surface area contributed by atoms with Crippen LogP contribution in [0, 0.1) is 0 Å². The normalized spacial score (nSPS) is 10.6. The van der Waals surface area contributed by atoms with E-state index in [2.05, 4.69) is 22.5 Å². The van der Waals surface area contributed by atoms with E-state index in [1.54, 1.807) is 6.20 Å². The number of hydrogen-bond acceptors (Lipinski definition) is 3. The standard InChI is InChI=1S/C17H24N4O/c1-2-16-15(17(22)19-11-7-6-10-18)12-20-21(16)13-14-8-4-3-5-9-14/h3-5,8-9,12H,2,6-7,10-11,13,18H2,1H3,(H,19,22). The van der Waals surface area contributed by atoms with Gasteiger partial charge in [-0.2, -0.15) is 5.10 Å². The number of hydrogen-bond donors (Lipinski definition) is 2. The molecule has 118 valence electrons. The molecule has 2 rings (SSSR count). The second kappa shape index (κ2) is 8.34. The van der Waals surface area contributed by atoms with Gasteiger partial charge in [-0.05, 0) is 31.4 Å². The van der Waals surface area contributed by atoms with E-state index in [-0.39, 0.29) is 5.91 Å². The van der Waals surface area contributed by atoms with E-state index in [0.29, 0.717) is 25.2 Å². The largest absolute Gasteiger partial charge is 0.352 e. The van der Waals surface area contributed by atoms with Gasteiger partial charge in [-0.25, -0.2) is 0 Å². The summed E-state index contributed by atoms with van der Waals surface area (Å²) in [5, 5.41) is 7.32. The summed E-state index contributed by atoms with van der Waals surface area (Å²) in [7, 11) is 0. The lowest BCUT2D eigenvalue weighted by Crippen LogP contribution is -2.25. The summed E-state index contributed by atoms with van der Waals surface area (Å²) in [5.41, 5.74) is 8.27. The van der Waals surface area contributed by atoms with E-state index in [1.807, 2.05) is 29.8 Å². The van der Waals surface area contributed by atoms with Gasteiger partial charge in [0.15, 0.2) is 0 Å². The molecule has 0 bridgehead atoms. The highest BCUT2D eigenvalue weighted by Gasteiger charge is 2.15. The third kappa shape index (κ3) is 4.18. The van der Waals surface area contributed by atoms with Crippen LogP contribution < -0.4 is 11.1 Å². The number of nitrogens with zero attached hydrogens (tertiary/aromatic N) is 2. The van der Waals surface area contributed by atoms with Crippen molar-refractivity contribution in [2.75, 3.05) is 13.1 Å². The zero-order valence-corrected chi connectivity index (χ0v) is 13.1. The third-order valence-electron chi connectivity index (χ3n) is 3.62. The molecule has 0 unspecified atom stereocenters. The first-order chi connectivity index (χ1) is 10.8. The monoisotopic (exact) mass is 300 g/mol. The Balaban J connectivity index is 2.05. The number of amides is 1. The van der Waals surface area contributed by atoms with Crippen LogP contribution in [0.4, 0.5) is 0 Å². The lowest BCUT2D eigenvalue weighted by atomic mass is 10.1. The summed E-state index contributed by atoms with van der Waals surface area (Å²) >= 11 is 0. The van der Waals surface area contributed by atoms with Crippen LogP contribution >= 0.6 is 0 Å². The highest BCUT2D eigenvalue weighted by Crippen LogP contribution is 2.12. The van der Waals surface area contributed by atoms with E-state index in [0.717, 1.165) is 25.0 Å². The van der Waals surface area contributed by atoms with Crippen LogP contribution in [-0.4, -0.2) is 28.8 Å². The molecule has 1 amide bonds. The molecule has 5 heteroatoms. The fourth-order valence-electron chi connectivity index (χ4n) is 2.43. The summed E-state index contributed by atoms with van der Waals surface area (Å²) in [5.74, 6) is -0.0480. The van der Waals surface area contributed by atoms with E-state index < -0.39 is 0 Å². The van der Waals surface area contributed by atoms with Gasteiger partial charge in [0.25, 0.3) is 5.91 Å². The van der Waals surface area contributed by atoms with Crippen LogP contribution in [-0.2, 0) is 13.0 Å². The maximum atomic E-state index is 12.3. The molecule has 1 aromatic carbocycles. The molecule has 22 heavy (non-hydrogen) atoms. The molecule has 0 aliphatic rings. The number of nitrogens with two attached hydrogens (primary N) is 1. The summed E-state index contributed by atoms with van der Waals surface area (Å²) in [6.07, 6.45) is 4.27. The van der Waals surface area contributed by atoms with Gasteiger partial charge in [0.1, 0.15) is 0 Å². The van der Waals surface area contributed by atoms with E-state index >= 15 is 0 Å². The molecule has 0 aliphatic carbocycles. The van der Waals surface area contributed by atoms with Crippen LogP contribution in [0.1, 0.15) is 41.4 Å². The lowest BCUT2D eigenvalue weighted by molar-refractivity contribution is 0.0952. The minimum absolute atomic E-state index is 0.0480. The number of benzene rings is 1. The van der Waals surface area contributed by atoms with E-state index in [9.17, 15) is 4.79 Å². The average molecular weight is 300 g/mol. The van der Waals surface area contributed by atoms with E-state index in [4.69, 9.17) is 5.73 Å². The summed E-state index contributed by atoms with van der Waals surface area (Å²) < 4.78 is 1.91. The first-order valence-corrected chi connectivity index (χ1v) is 7.83. The van der Waals surface area contributed by atoms with Gasteiger partial charge in [-0.15, -0.1) is 0 Å². The molecule has 1 aromatic heterocycles. The van der Waals surface area contributed by atoms with Crippen molar-refractivity contribution in [3.63, 3.8) is 0 Å². The van der Waals surface area contributed by atoms with Crippen LogP contribution in [0.2, 0.25) is 0 Å². The van der Waals surface area contributed by atoms with Gasteiger partial charge in [0.05, 0.1) is 24.0 Å². The Hall–Kier alpha value is -2.14. The van der Waals surface area contributed by atoms with Crippen molar-refractivity contribution >= 4 is 5.91 Å². The second-order valence-corrected chi connectivity index (χ2v) is 5.25. The number of nitrogens with one attached hydrogen (secondary N) is 1. The van der Waals surface area contributed by atoms with Crippen molar-refractivity contribution in [2.24, 2.45) is 5.73 Å². The topological polar surface area (TPSA) is 72.9 Å². The smallest absolute Gasteiger partial charge is 0.254 e. The molecule has 5 nitrogen and oxygen atoms in total. The van der Waals surface area contributed by atoms with Crippen molar-refractivity contribution in [3.8, 4) is 0 Å². The van der Waals surface area contributed by atoms with Crippen LogP contribution in [0.15, 0.2) is 36.5 Å². The van der Waals surface area contributed by atoms with E-state index in [1.165, 1.54) is 5.56 Å². The van der Waals surface area contributed by atoms with Crippen molar-refractivity contribution in [1.29, 1.82) is 0 Å². The Morgan fingerprint density at radius 2 is 2.05 bits per heavy atom. The molecule has 0 spiro atoms. The maximum Gasteiger partial charge on any atom is 0.254 e. The lowest BCUT2D eigenvalue weighted by Gasteiger charge is -2.08. The summed E-state index contributed by atoms with van der Waals surface area (Å²) in [6, 6.07) is 10.1. The average Bonchev–Trinajstić information content (AvgIpc) is 2.95. The molecule has 0 saturated heterocycles. The SMILES string of the molecule is CCc1c(C(=O)NCCCCN)cnn1Cc1ccccc1. The third-order valence-corrected chi connectivity index (χ3v) is 3.62. The minimum atomic E-state index is -0.0480. The number of carbonyl (C=O) groups is 1. The molecule has 0 radical (unpaired) electrons.